The van der Waals surface area contributed by atoms with E-state index in [1.54, 1.807) is 0 Å². The van der Waals surface area contributed by atoms with Crippen LogP contribution in [-0.2, 0) is 6.18 Å². The van der Waals surface area contributed by atoms with Gasteiger partial charge in [-0.2, -0.15) is 23.4 Å². The van der Waals surface area contributed by atoms with Gasteiger partial charge in [-0.1, -0.05) is 0 Å². The molecule has 3 heterocycles. The monoisotopic (exact) mass is 354 g/mol. The predicted octanol–water partition coefficient (Wildman–Crippen LogP) is 1.98. The van der Waals surface area contributed by atoms with Gasteiger partial charge in [0.15, 0.2) is 17.2 Å². The molecular formula is C13H13F3N8O. The summed E-state index contributed by atoms with van der Waals surface area (Å²) < 4.78 is 39.2. The van der Waals surface area contributed by atoms with E-state index in [0.29, 0.717) is 11.7 Å². The Bertz CT molecular complexity index is 943. The molecule has 4 N–H and O–H groups in total. The van der Waals surface area contributed by atoms with Gasteiger partial charge in [0.1, 0.15) is 17.8 Å². The molecule has 3 rings (SSSR count). The Kier molecular flexibility index (Phi) is 3.81. The Hall–Kier alpha value is -3.18. The van der Waals surface area contributed by atoms with E-state index in [1.807, 2.05) is 18.9 Å². The smallest absolute Gasteiger partial charge is 0.383 e. The van der Waals surface area contributed by atoms with Crippen LogP contribution in [0, 0.1) is 0 Å². The van der Waals surface area contributed by atoms with E-state index in [1.165, 1.54) is 11.0 Å². The van der Waals surface area contributed by atoms with Crippen LogP contribution in [0.1, 0.15) is 36.1 Å². The second kappa shape index (κ2) is 5.72. The minimum Gasteiger partial charge on any atom is -0.383 e. The molecule has 0 aromatic carbocycles. The molecule has 9 nitrogen and oxygen atoms in total. The predicted molar refractivity (Wildman–Crippen MR) is 81.7 cm³/mol. The largest absolute Gasteiger partial charge is 0.432 e. The van der Waals surface area contributed by atoms with Crippen LogP contribution < -0.4 is 11.1 Å². The zero-order valence-corrected chi connectivity index (χ0v) is 13.1. The van der Waals surface area contributed by atoms with Crippen LogP contribution in [0.3, 0.4) is 0 Å². The summed E-state index contributed by atoms with van der Waals surface area (Å²) in [4.78, 5) is 20.3. The average molecular weight is 354 g/mol. The van der Waals surface area contributed by atoms with Crippen molar-refractivity contribution in [3.63, 3.8) is 0 Å². The molecule has 3 aromatic rings. The van der Waals surface area contributed by atoms with Crippen molar-refractivity contribution in [1.29, 1.82) is 0 Å². The van der Waals surface area contributed by atoms with E-state index in [4.69, 9.17) is 5.73 Å². The SMILES string of the molecule is CC(C)n1nc(C(=O)Nc2cc(C(F)(F)F)[nH]n2)c2c(N)ncnc21. The van der Waals surface area contributed by atoms with Crippen molar-refractivity contribution in [2.24, 2.45) is 0 Å². The molecule has 25 heavy (non-hydrogen) atoms. The fraction of sp³-hybridized carbons (Fsp3) is 0.308. The maximum atomic E-state index is 12.6. The Morgan fingerprint density at radius 1 is 1.36 bits per heavy atom. The average Bonchev–Trinajstić information content (AvgIpc) is 3.11. The number of aromatic nitrogens is 6. The van der Waals surface area contributed by atoms with Crippen LogP contribution in [-0.4, -0.2) is 35.9 Å². The quantitative estimate of drug-likeness (QED) is 0.660. The summed E-state index contributed by atoms with van der Waals surface area (Å²) in [5, 5.41) is 11.9. The zero-order chi connectivity index (χ0) is 18.4. The standard InChI is InChI=1S/C13H13F3N8O/c1-5(2)24-11-8(10(17)18-4-19-11)9(23-24)12(25)20-7-3-6(21-22-7)13(14,15)16/h3-5H,1-2H3,(H2,17,18,19)(H2,20,21,22,25). The lowest BCUT2D eigenvalue weighted by atomic mass is 10.2. The highest BCUT2D eigenvalue weighted by Crippen LogP contribution is 2.29. The molecule has 0 aliphatic heterocycles. The maximum Gasteiger partial charge on any atom is 0.432 e. The van der Waals surface area contributed by atoms with Crippen LogP contribution in [0.25, 0.3) is 11.0 Å². The number of halogens is 3. The van der Waals surface area contributed by atoms with Crippen molar-refractivity contribution >= 4 is 28.6 Å². The fourth-order valence-corrected chi connectivity index (χ4v) is 2.22. The molecule has 132 valence electrons. The molecule has 0 radical (unpaired) electrons. The van der Waals surface area contributed by atoms with Gasteiger partial charge in [0, 0.05) is 12.1 Å². The highest BCUT2D eigenvalue weighted by atomic mass is 19.4. The van der Waals surface area contributed by atoms with Gasteiger partial charge in [-0.15, -0.1) is 0 Å². The van der Waals surface area contributed by atoms with Gasteiger partial charge in [-0.3, -0.25) is 9.89 Å². The molecule has 1 amide bonds. The van der Waals surface area contributed by atoms with Gasteiger partial charge < -0.3 is 11.1 Å². The fourth-order valence-electron chi connectivity index (χ4n) is 2.22. The van der Waals surface area contributed by atoms with E-state index in [9.17, 15) is 18.0 Å². The van der Waals surface area contributed by atoms with E-state index in [2.05, 4.69) is 25.5 Å². The second-order valence-electron chi connectivity index (χ2n) is 5.46. The van der Waals surface area contributed by atoms with Crippen LogP contribution in [0.2, 0.25) is 0 Å². The lowest BCUT2D eigenvalue weighted by molar-refractivity contribution is -0.141. The number of rotatable bonds is 3. The molecule has 0 atom stereocenters. The lowest BCUT2D eigenvalue weighted by Gasteiger charge is -2.05. The third kappa shape index (κ3) is 2.97. The summed E-state index contributed by atoms with van der Waals surface area (Å²) in [6, 6.07) is 0.555. The first kappa shape index (κ1) is 16.7. The molecule has 0 spiro atoms. The summed E-state index contributed by atoms with van der Waals surface area (Å²) in [5.74, 6) is -1.02. The Morgan fingerprint density at radius 2 is 2.08 bits per heavy atom. The highest BCUT2D eigenvalue weighted by molar-refractivity contribution is 6.12. The third-order valence-electron chi connectivity index (χ3n) is 3.35. The topological polar surface area (TPSA) is 127 Å². The van der Waals surface area contributed by atoms with Gasteiger partial charge in [0.25, 0.3) is 5.91 Å². The number of carbonyl (C=O) groups is 1. The summed E-state index contributed by atoms with van der Waals surface area (Å²) in [6.45, 7) is 3.66. The summed E-state index contributed by atoms with van der Waals surface area (Å²) in [7, 11) is 0. The van der Waals surface area contributed by atoms with Gasteiger partial charge in [0.05, 0.1) is 5.39 Å². The second-order valence-corrected chi connectivity index (χ2v) is 5.46. The van der Waals surface area contributed by atoms with Crippen molar-refractivity contribution < 1.29 is 18.0 Å². The van der Waals surface area contributed by atoms with Gasteiger partial charge in [0.2, 0.25) is 0 Å². The minimum absolute atomic E-state index is 0.0417. The van der Waals surface area contributed by atoms with Crippen molar-refractivity contribution in [3.05, 3.63) is 23.8 Å². The normalized spacial score (nSPS) is 12.1. The van der Waals surface area contributed by atoms with Crippen LogP contribution >= 0.6 is 0 Å². The third-order valence-corrected chi connectivity index (χ3v) is 3.35. The number of alkyl halides is 3. The number of H-pyrrole nitrogens is 1. The Labute approximate surface area is 138 Å². The molecule has 0 aliphatic carbocycles. The molecule has 0 saturated heterocycles. The molecule has 0 bridgehead atoms. The maximum absolute atomic E-state index is 12.6. The zero-order valence-electron chi connectivity index (χ0n) is 13.1. The number of carbonyl (C=O) groups excluding carboxylic acids is 1. The minimum atomic E-state index is -4.60. The number of nitrogens with one attached hydrogen (secondary N) is 2. The summed E-state index contributed by atoms with van der Waals surface area (Å²) in [6.07, 6.45) is -3.36. The van der Waals surface area contributed by atoms with Crippen molar-refractivity contribution in [1.82, 2.24) is 29.9 Å². The van der Waals surface area contributed by atoms with Crippen molar-refractivity contribution in [3.8, 4) is 0 Å². The number of anilines is 2. The summed E-state index contributed by atoms with van der Waals surface area (Å²) >= 11 is 0. The number of fused-ring (bicyclic) bond motifs is 1. The molecule has 0 fully saturated rings. The van der Waals surface area contributed by atoms with Crippen molar-refractivity contribution in [2.75, 3.05) is 11.1 Å². The van der Waals surface area contributed by atoms with E-state index in [-0.39, 0.29) is 28.8 Å². The van der Waals surface area contributed by atoms with Crippen LogP contribution in [0.4, 0.5) is 24.8 Å². The number of nitrogens with zero attached hydrogens (tertiary/aromatic N) is 5. The summed E-state index contributed by atoms with van der Waals surface area (Å²) in [5.41, 5.74) is 4.98. The number of amides is 1. The van der Waals surface area contributed by atoms with E-state index >= 15 is 0 Å². The number of hydrogen-bond acceptors (Lipinski definition) is 6. The number of aromatic amines is 1. The van der Waals surface area contributed by atoms with Gasteiger partial charge in [-0.05, 0) is 13.8 Å². The first-order valence-electron chi connectivity index (χ1n) is 7.11. The van der Waals surface area contributed by atoms with E-state index in [0.717, 1.165) is 0 Å². The van der Waals surface area contributed by atoms with Crippen LogP contribution in [0.15, 0.2) is 12.4 Å². The first-order valence-corrected chi connectivity index (χ1v) is 7.11. The lowest BCUT2D eigenvalue weighted by Crippen LogP contribution is -2.14. The number of nitrogen functional groups attached to an aromatic ring is 1. The molecular weight excluding hydrogens is 341 g/mol. The molecule has 3 aromatic heterocycles. The first-order chi connectivity index (χ1) is 11.7. The van der Waals surface area contributed by atoms with E-state index < -0.39 is 17.8 Å². The molecule has 0 unspecified atom stereocenters. The molecule has 0 aliphatic rings. The Balaban J connectivity index is 1.99. The Morgan fingerprint density at radius 3 is 2.68 bits per heavy atom. The number of hydrogen-bond donors (Lipinski definition) is 3. The van der Waals surface area contributed by atoms with Gasteiger partial charge in [-0.25, -0.2) is 14.6 Å². The van der Waals surface area contributed by atoms with Gasteiger partial charge >= 0.3 is 6.18 Å². The molecule has 12 heteroatoms. The number of nitrogens with two attached hydrogens (primary N) is 1. The highest BCUT2D eigenvalue weighted by Gasteiger charge is 2.33. The van der Waals surface area contributed by atoms with Crippen molar-refractivity contribution in [2.45, 2.75) is 26.1 Å². The molecule has 0 saturated carbocycles. The van der Waals surface area contributed by atoms with Crippen LogP contribution in [0.5, 0.6) is 0 Å².